The van der Waals surface area contributed by atoms with Crippen LogP contribution >= 0.6 is 0 Å². The maximum atomic E-state index is 14.0. The Morgan fingerprint density at radius 3 is 2.61 bits per heavy atom. The number of nitrogens with zero attached hydrogens (tertiary/aromatic N) is 2. The minimum Gasteiger partial charge on any atom is -0.491 e. The van der Waals surface area contributed by atoms with E-state index in [0.29, 0.717) is 37.8 Å². The zero-order valence-corrected chi connectivity index (χ0v) is 22.2. The molecular formula is C27H36N2O6S. The molecule has 0 radical (unpaired) electrons. The first-order chi connectivity index (χ1) is 17.4. The van der Waals surface area contributed by atoms with E-state index in [4.69, 9.17) is 14.2 Å². The number of esters is 1. The van der Waals surface area contributed by atoms with E-state index in [1.54, 1.807) is 6.92 Å². The lowest BCUT2D eigenvalue weighted by atomic mass is 9.94. The molecule has 0 amide bonds. The molecule has 2 aliphatic rings. The predicted molar refractivity (Wildman–Crippen MR) is 137 cm³/mol. The number of anilines is 1. The molecule has 8 nitrogen and oxygen atoms in total. The molecule has 196 valence electrons. The van der Waals surface area contributed by atoms with Crippen LogP contribution in [0, 0.1) is 5.92 Å². The van der Waals surface area contributed by atoms with Gasteiger partial charge in [-0.2, -0.15) is 8.42 Å². The van der Waals surface area contributed by atoms with Gasteiger partial charge in [-0.1, -0.05) is 26.0 Å². The fourth-order valence-corrected chi connectivity index (χ4v) is 6.61. The van der Waals surface area contributed by atoms with Crippen molar-refractivity contribution in [2.75, 3.05) is 30.7 Å². The molecule has 36 heavy (non-hydrogen) atoms. The van der Waals surface area contributed by atoms with Gasteiger partial charge in [0.05, 0.1) is 25.1 Å². The van der Waals surface area contributed by atoms with Crippen molar-refractivity contribution >= 4 is 21.7 Å². The standard InChI is InChI=1S/C27H36N2O6S/c1-4-19-7-10-24-21(15-19)8-9-22(5-2)29(24)36(31,32)26-16-23(27(30)34-6-3)25(17-28-26)35-18-20-11-13-33-14-12-20/h7,10,15-17,20,22H,4-6,8-9,11-14,18H2,1-3H3. The number of sulfonamides is 1. The summed E-state index contributed by atoms with van der Waals surface area (Å²) >= 11 is 0. The average molecular weight is 517 g/mol. The van der Waals surface area contributed by atoms with E-state index in [1.807, 2.05) is 19.1 Å². The quantitative estimate of drug-likeness (QED) is 0.451. The number of carbonyl (C=O) groups is 1. The van der Waals surface area contributed by atoms with Gasteiger partial charge in [0.25, 0.3) is 10.0 Å². The van der Waals surface area contributed by atoms with Crippen LogP contribution in [-0.2, 0) is 32.3 Å². The molecule has 1 unspecified atom stereocenters. The minimum absolute atomic E-state index is 0.0732. The SMILES string of the molecule is CCOC(=O)c1cc(S(=O)(=O)N2c3ccc(CC)cc3CCC2CC)ncc1OCC1CCOCC1. The molecule has 0 bridgehead atoms. The van der Waals surface area contributed by atoms with Gasteiger partial charge < -0.3 is 14.2 Å². The van der Waals surface area contributed by atoms with Crippen molar-refractivity contribution in [2.24, 2.45) is 5.92 Å². The molecule has 0 saturated carbocycles. The largest absolute Gasteiger partial charge is 0.491 e. The first-order valence-corrected chi connectivity index (χ1v) is 14.4. The van der Waals surface area contributed by atoms with Crippen LogP contribution in [0.2, 0.25) is 0 Å². The van der Waals surface area contributed by atoms with Crippen LogP contribution in [0.15, 0.2) is 35.5 Å². The Bertz CT molecular complexity index is 1180. The Kier molecular flexibility index (Phi) is 8.51. The molecule has 1 fully saturated rings. The molecule has 1 aromatic heterocycles. The van der Waals surface area contributed by atoms with Gasteiger partial charge >= 0.3 is 5.97 Å². The molecule has 2 aromatic rings. The molecule has 1 atom stereocenters. The number of rotatable bonds is 9. The molecule has 2 aliphatic heterocycles. The minimum atomic E-state index is -4.04. The number of hydrogen-bond donors (Lipinski definition) is 0. The van der Waals surface area contributed by atoms with Gasteiger partial charge in [0.1, 0.15) is 5.56 Å². The van der Waals surface area contributed by atoms with Gasteiger partial charge in [0.15, 0.2) is 10.8 Å². The van der Waals surface area contributed by atoms with Crippen LogP contribution in [0.5, 0.6) is 5.75 Å². The van der Waals surface area contributed by atoms with E-state index in [1.165, 1.54) is 22.1 Å². The zero-order valence-electron chi connectivity index (χ0n) is 21.4. The summed E-state index contributed by atoms with van der Waals surface area (Å²) in [5, 5.41) is -0.185. The highest BCUT2D eigenvalue weighted by atomic mass is 32.2. The number of aryl methyl sites for hydroxylation is 2. The fourth-order valence-electron chi connectivity index (χ4n) is 4.88. The highest BCUT2D eigenvalue weighted by Gasteiger charge is 2.37. The lowest BCUT2D eigenvalue weighted by Crippen LogP contribution is -2.43. The number of pyridine rings is 1. The monoisotopic (exact) mass is 516 g/mol. The van der Waals surface area contributed by atoms with Crippen LogP contribution in [0.25, 0.3) is 0 Å². The van der Waals surface area contributed by atoms with Gasteiger partial charge in [0, 0.05) is 19.3 Å². The van der Waals surface area contributed by atoms with Gasteiger partial charge in [-0.3, -0.25) is 4.31 Å². The van der Waals surface area contributed by atoms with Crippen LogP contribution in [0.4, 0.5) is 5.69 Å². The highest BCUT2D eigenvalue weighted by Crippen LogP contribution is 2.37. The summed E-state index contributed by atoms with van der Waals surface area (Å²) in [6.07, 6.45) is 6.20. The number of hydrogen-bond acceptors (Lipinski definition) is 7. The van der Waals surface area contributed by atoms with Crippen LogP contribution in [0.1, 0.15) is 67.9 Å². The van der Waals surface area contributed by atoms with Crippen LogP contribution in [-0.4, -0.2) is 51.8 Å². The fraction of sp³-hybridized carbons (Fsp3) is 0.556. The normalized spacial score (nSPS) is 18.5. The number of aromatic nitrogens is 1. The van der Waals surface area contributed by atoms with E-state index >= 15 is 0 Å². The van der Waals surface area contributed by atoms with Crippen molar-refractivity contribution in [1.82, 2.24) is 4.98 Å². The van der Waals surface area contributed by atoms with E-state index < -0.39 is 16.0 Å². The first kappa shape index (κ1) is 26.4. The second kappa shape index (κ2) is 11.6. The summed E-state index contributed by atoms with van der Waals surface area (Å²) in [6, 6.07) is 7.07. The van der Waals surface area contributed by atoms with Crippen molar-refractivity contribution in [3.05, 3.63) is 47.2 Å². The van der Waals surface area contributed by atoms with Gasteiger partial charge in [-0.05, 0) is 74.6 Å². The van der Waals surface area contributed by atoms with Crippen molar-refractivity contribution in [3.63, 3.8) is 0 Å². The van der Waals surface area contributed by atoms with Gasteiger partial charge in [0.2, 0.25) is 0 Å². The molecule has 1 aromatic carbocycles. The Morgan fingerprint density at radius 1 is 1.14 bits per heavy atom. The Hall–Kier alpha value is -2.65. The Balaban J connectivity index is 1.70. The van der Waals surface area contributed by atoms with E-state index in [9.17, 15) is 13.2 Å². The van der Waals surface area contributed by atoms with Gasteiger partial charge in [-0.25, -0.2) is 9.78 Å². The average Bonchev–Trinajstić information content (AvgIpc) is 2.91. The smallest absolute Gasteiger partial charge is 0.342 e. The third kappa shape index (κ3) is 5.52. The van der Waals surface area contributed by atoms with Gasteiger partial charge in [-0.15, -0.1) is 0 Å². The van der Waals surface area contributed by atoms with E-state index in [-0.39, 0.29) is 29.0 Å². The second-order valence-corrected chi connectivity index (χ2v) is 11.1. The molecule has 0 N–H and O–H groups in total. The van der Waals surface area contributed by atoms with Crippen LogP contribution < -0.4 is 9.04 Å². The summed E-state index contributed by atoms with van der Waals surface area (Å²) in [7, 11) is -4.04. The van der Waals surface area contributed by atoms with Crippen molar-refractivity contribution in [1.29, 1.82) is 0 Å². The van der Waals surface area contributed by atoms with Crippen molar-refractivity contribution < 1.29 is 27.4 Å². The Labute approximate surface area is 214 Å². The molecule has 0 spiro atoms. The summed E-state index contributed by atoms with van der Waals surface area (Å²) in [6.45, 7) is 7.72. The van der Waals surface area contributed by atoms with E-state index in [0.717, 1.165) is 37.7 Å². The third-order valence-corrected chi connectivity index (χ3v) is 8.78. The Morgan fingerprint density at radius 2 is 1.92 bits per heavy atom. The number of carbonyl (C=O) groups excluding carboxylic acids is 1. The first-order valence-electron chi connectivity index (χ1n) is 12.9. The maximum absolute atomic E-state index is 14.0. The summed E-state index contributed by atoms with van der Waals surface area (Å²) in [5.41, 5.74) is 2.95. The second-order valence-electron chi connectivity index (χ2n) is 9.32. The number of benzene rings is 1. The predicted octanol–water partition coefficient (Wildman–Crippen LogP) is 4.55. The number of fused-ring (bicyclic) bond motifs is 1. The van der Waals surface area contributed by atoms with Crippen molar-refractivity contribution in [3.8, 4) is 5.75 Å². The lowest BCUT2D eigenvalue weighted by Gasteiger charge is -2.37. The number of ether oxygens (including phenoxy) is 3. The highest BCUT2D eigenvalue weighted by molar-refractivity contribution is 7.92. The molecule has 1 saturated heterocycles. The lowest BCUT2D eigenvalue weighted by molar-refractivity contribution is 0.0466. The topological polar surface area (TPSA) is 95.0 Å². The molecule has 3 heterocycles. The molecule has 4 rings (SSSR count). The summed E-state index contributed by atoms with van der Waals surface area (Å²) in [5.74, 6) is -0.0880. The summed E-state index contributed by atoms with van der Waals surface area (Å²) in [4.78, 5) is 17.1. The summed E-state index contributed by atoms with van der Waals surface area (Å²) < 4.78 is 46.0. The van der Waals surface area contributed by atoms with Crippen molar-refractivity contribution in [2.45, 2.75) is 70.4 Å². The molecule has 9 heteroatoms. The zero-order chi connectivity index (χ0) is 25.7. The van der Waals surface area contributed by atoms with Crippen LogP contribution in [0.3, 0.4) is 0 Å². The molecular weight excluding hydrogens is 480 g/mol. The maximum Gasteiger partial charge on any atom is 0.342 e. The molecule has 0 aliphatic carbocycles. The van der Waals surface area contributed by atoms with E-state index in [2.05, 4.69) is 18.0 Å². The third-order valence-electron chi connectivity index (χ3n) is 7.02.